The van der Waals surface area contributed by atoms with Gasteiger partial charge in [-0.25, -0.2) is 0 Å². The lowest BCUT2D eigenvalue weighted by atomic mass is 10.2. The average Bonchev–Trinajstić information content (AvgIpc) is 2.54. The second-order valence-corrected chi connectivity index (χ2v) is 4.65. The largest absolute Gasteiger partial charge is 0.388 e. The van der Waals surface area contributed by atoms with Gasteiger partial charge in [0.05, 0.1) is 12.2 Å². The molecule has 1 rings (SSSR count). The minimum atomic E-state index is -0.780. The number of carbonyl (C=O) groups is 1. The van der Waals surface area contributed by atoms with E-state index in [4.69, 9.17) is 0 Å². The van der Waals surface area contributed by atoms with E-state index in [9.17, 15) is 15.0 Å². The van der Waals surface area contributed by atoms with Crippen molar-refractivity contribution in [1.82, 2.24) is 10.2 Å². The van der Waals surface area contributed by atoms with Crippen LogP contribution in [0.2, 0.25) is 0 Å². The Kier molecular flexibility index (Phi) is 5.18. The first-order valence-electron chi connectivity index (χ1n) is 5.88. The topological polar surface area (TPSA) is 72.8 Å². The van der Waals surface area contributed by atoms with Gasteiger partial charge < -0.3 is 20.4 Å². The molecule has 94 valence electrons. The Morgan fingerprint density at radius 1 is 1.38 bits per heavy atom. The van der Waals surface area contributed by atoms with Crippen molar-refractivity contribution < 1.29 is 15.0 Å². The first kappa shape index (κ1) is 13.4. The van der Waals surface area contributed by atoms with Crippen molar-refractivity contribution in [3.05, 3.63) is 0 Å². The molecule has 0 saturated carbocycles. The number of likely N-dealkylation sites (tertiary alicyclic amines) is 1. The minimum Gasteiger partial charge on any atom is -0.388 e. The maximum atomic E-state index is 11.7. The van der Waals surface area contributed by atoms with Crippen LogP contribution in [0, 0.1) is 0 Å². The van der Waals surface area contributed by atoms with Crippen LogP contribution < -0.4 is 5.32 Å². The van der Waals surface area contributed by atoms with E-state index in [1.165, 1.54) is 4.90 Å². The summed E-state index contributed by atoms with van der Waals surface area (Å²) in [4.78, 5) is 13.2. The summed E-state index contributed by atoms with van der Waals surface area (Å²) in [5.41, 5.74) is 0. The van der Waals surface area contributed by atoms with Crippen LogP contribution in [0.25, 0.3) is 0 Å². The number of amides is 1. The molecule has 0 aliphatic carbocycles. The number of rotatable bonds is 5. The first-order chi connectivity index (χ1) is 7.50. The van der Waals surface area contributed by atoms with Gasteiger partial charge in [-0.2, -0.15) is 0 Å². The summed E-state index contributed by atoms with van der Waals surface area (Å²) in [6.07, 6.45) is -0.297. The molecule has 0 aromatic carbocycles. The van der Waals surface area contributed by atoms with Gasteiger partial charge in [0.2, 0.25) is 5.91 Å². The smallest absolute Gasteiger partial charge is 0.222 e. The highest BCUT2D eigenvalue weighted by molar-refractivity contribution is 5.76. The molecule has 2 unspecified atom stereocenters. The summed E-state index contributed by atoms with van der Waals surface area (Å²) in [6, 6.07) is 0.436. The molecule has 1 saturated heterocycles. The van der Waals surface area contributed by atoms with Crippen LogP contribution in [0.4, 0.5) is 0 Å². The summed E-state index contributed by atoms with van der Waals surface area (Å²) < 4.78 is 0. The van der Waals surface area contributed by atoms with E-state index >= 15 is 0 Å². The van der Waals surface area contributed by atoms with Crippen molar-refractivity contribution in [3.8, 4) is 0 Å². The molecule has 0 bridgehead atoms. The summed E-state index contributed by atoms with van der Waals surface area (Å²) in [5, 5.41) is 21.8. The fraction of sp³-hybridized carbons (Fsp3) is 0.909. The number of aliphatic hydroxyl groups excluding tert-OH is 2. The lowest BCUT2D eigenvalue weighted by Gasteiger charge is -2.15. The molecular formula is C11H22N2O3. The first-order valence-corrected chi connectivity index (χ1v) is 5.88. The van der Waals surface area contributed by atoms with Crippen molar-refractivity contribution in [2.75, 3.05) is 19.6 Å². The second-order valence-electron chi connectivity index (χ2n) is 4.65. The van der Waals surface area contributed by atoms with E-state index in [1.807, 2.05) is 0 Å². The highest BCUT2D eigenvalue weighted by atomic mass is 16.3. The second kappa shape index (κ2) is 6.18. The van der Waals surface area contributed by atoms with Crippen molar-refractivity contribution in [3.63, 3.8) is 0 Å². The molecule has 0 spiro atoms. The van der Waals surface area contributed by atoms with E-state index in [-0.39, 0.29) is 19.0 Å². The molecule has 2 atom stereocenters. The third kappa shape index (κ3) is 4.08. The Labute approximate surface area is 96.4 Å². The number of hydrogen-bond donors (Lipinski definition) is 3. The number of hydrogen-bond acceptors (Lipinski definition) is 4. The average molecular weight is 230 g/mol. The molecule has 1 fully saturated rings. The van der Waals surface area contributed by atoms with Crippen molar-refractivity contribution in [2.24, 2.45) is 0 Å². The fourth-order valence-corrected chi connectivity index (χ4v) is 1.76. The molecule has 3 N–H and O–H groups in total. The van der Waals surface area contributed by atoms with Gasteiger partial charge in [0.25, 0.3) is 0 Å². The molecule has 0 radical (unpaired) electrons. The highest BCUT2D eigenvalue weighted by Crippen LogP contribution is 2.11. The summed E-state index contributed by atoms with van der Waals surface area (Å²) in [6.45, 7) is 5.47. The van der Waals surface area contributed by atoms with Crippen LogP contribution in [0.5, 0.6) is 0 Å². The number of nitrogens with zero attached hydrogens (tertiary/aromatic N) is 1. The normalized spacial score (nSPS) is 25.4. The predicted molar refractivity (Wildman–Crippen MR) is 61.0 cm³/mol. The lowest BCUT2D eigenvalue weighted by Crippen LogP contribution is -2.31. The van der Waals surface area contributed by atoms with Crippen molar-refractivity contribution >= 4 is 5.91 Å². The van der Waals surface area contributed by atoms with Gasteiger partial charge in [-0.15, -0.1) is 0 Å². The van der Waals surface area contributed by atoms with Crippen LogP contribution in [-0.4, -0.2) is 58.9 Å². The van der Waals surface area contributed by atoms with Crippen molar-refractivity contribution in [1.29, 1.82) is 0 Å². The van der Waals surface area contributed by atoms with E-state index in [2.05, 4.69) is 19.2 Å². The van der Waals surface area contributed by atoms with Crippen molar-refractivity contribution in [2.45, 2.75) is 44.9 Å². The number of carbonyl (C=O) groups excluding carboxylic acids is 1. The molecular weight excluding hydrogens is 208 g/mol. The predicted octanol–water partition coefficient (Wildman–Crippen LogP) is -0.671. The zero-order chi connectivity index (χ0) is 12.1. The maximum Gasteiger partial charge on any atom is 0.222 e. The maximum absolute atomic E-state index is 11.7. The van der Waals surface area contributed by atoms with E-state index < -0.39 is 12.2 Å². The Balaban J connectivity index is 2.16. The monoisotopic (exact) mass is 230 g/mol. The molecule has 5 heteroatoms. The molecule has 16 heavy (non-hydrogen) atoms. The number of β-amino-alcohol motifs (C(OH)–C–C–N with tert-alkyl or cyclic N) is 2. The molecule has 1 aliphatic heterocycles. The van der Waals surface area contributed by atoms with Gasteiger partial charge >= 0.3 is 0 Å². The molecule has 1 amide bonds. The van der Waals surface area contributed by atoms with E-state index in [0.717, 1.165) is 13.0 Å². The van der Waals surface area contributed by atoms with Gasteiger partial charge in [0.15, 0.2) is 0 Å². The zero-order valence-electron chi connectivity index (χ0n) is 10.0. The standard InChI is InChI=1S/C11H22N2O3/c1-8(2)12-5-3-4-11(16)13-6-9(14)10(15)7-13/h8-10,12,14-15H,3-7H2,1-2H3. The molecule has 0 aromatic rings. The molecule has 0 aromatic heterocycles. The van der Waals surface area contributed by atoms with Crippen LogP contribution in [0.3, 0.4) is 0 Å². The minimum absolute atomic E-state index is 0.0150. The van der Waals surface area contributed by atoms with Crippen LogP contribution in [0.1, 0.15) is 26.7 Å². The Morgan fingerprint density at radius 3 is 2.44 bits per heavy atom. The van der Waals surface area contributed by atoms with Crippen LogP contribution in [-0.2, 0) is 4.79 Å². The number of aliphatic hydroxyl groups is 2. The quantitative estimate of drug-likeness (QED) is 0.548. The van der Waals surface area contributed by atoms with Crippen LogP contribution in [0.15, 0.2) is 0 Å². The van der Waals surface area contributed by atoms with Gasteiger partial charge in [0, 0.05) is 25.6 Å². The highest BCUT2D eigenvalue weighted by Gasteiger charge is 2.31. The third-order valence-corrected chi connectivity index (χ3v) is 2.73. The summed E-state index contributed by atoms with van der Waals surface area (Å²) in [5.74, 6) is 0.0150. The third-order valence-electron chi connectivity index (χ3n) is 2.73. The Bertz CT molecular complexity index is 223. The Hall–Kier alpha value is -0.650. The number of nitrogens with one attached hydrogen (secondary N) is 1. The summed E-state index contributed by atoms with van der Waals surface area (Å²) in [7, 11) is 0. The SMILES string of the molecule is CC(C)NCCCC(=O)N1CC(O)C(O)C1. The van der Waals surface area contributed by atoms with Gasteiger partial charge in [0.1, 0.15) is 0 Å². The van der Waals surface area contributed by atoms with E-state index in [0.29, 0.717) is 12.5 Å². The molecule has 5 nitrogen and oxygen atoms in total. The van der Waals surface area contributed by atoms with Gasteiger partial charge in [-0.3, -0.25) is 4.79 Å². The molecule has 1 aliphatic rings. The summed E-state index contributed by atoms with van der Waals surface area (Å²) >= 11 is 0. The zero-order valence-corrected chi connectivity index (χ0v) is 10.0. The van der Waals surface area contributed by atoms with Crippen LogP contribution >= 0.6 is 0 Å². The fourth-order valence-electron chi connectivity index (χ4n) is 1.76. The Morgan fingerprint density at radius 2 is 1.94 bits per heavy atom. The van der Waals surface area contributed by atoms with Gasteiger partial charge in [-0.05, 0) is 13.0 Å². The lowest BCUT2D eigenvalue weighted by molar-refractivity contribution is -0.130. The van der Waals surface area contributed by atoms with Gasteiger partial charge in [-0.1, -0.05) is 13.8 Å². The van der Waals surface area contributed by atoms with E-state index in [1.54, 1.807) is 0 Å². The molecule has 1 heterocycles.